The van der Waals surface area contributed by atoms with Crippen molar-refractivity contribution in [3.63, 3.8) is 0 Å². The molecule has 5 atom stereocenters. The van der Waals surface area contributed by atoms with Crippen molar-refractivity contribution >= 4 is 28.0 Å². The van der Waals surface area contributed by atoms with Crippen LogP contribution in [0.5, 0.6) is 0 Å². The monoisotopic (exact) mass is 646 g/mol. The standard InChI is InChI=1S/C34H30O11S/c1-22-17-19-26(20-18-22)46(39,40)41-21-27-28(43-31(35)23-11-5-2-6-12-23)29(44-32(36)24-13-7-3-8-14-24)30(34(38)42-27)45-33(37)25-15-9-4-10-16-25/h2-20,27-30,34,38H,21H2,1H3/t27-,28+,29-,30-,34-/m0/s1. The number of ether oxygens (including phenoxy) is 4. The summed E-state index contributed by atoms with van der Waals surface area (Å²) in [4.78, 5) is 39.5. The normalized spacial score (nSPS) is 21.1. The fourth-order valence-corrected chi connectivity index (χ4v) is 5.58. The van der Waals surface area contributed by atoms with Crippen molar-refractivity contribution < 1.29 is 51.0 Å². The van der Waals surface area contributed by atoms with Gasteiger partial charge in [0.1, 0.15) is 6.10 Å². The first kappa shape index (κ1) is 32.5. The predicted octanol–water partition coefficient (Wildman–Crippen LogP) is 4.09. The molecule has 5 rings (SSSR count). The third-order valence-electron chi connectivity index (χ3n) is 7.06. The zero-order chi connectivity index (χ0) is 32.7. The van der Waals surface area contributed by atoms with Gasteiger partial charge in [-0.2, -0.15) is 8.42 Å². The Bertz CT molecular complexity index is 1750. The molecule has 1 fully saturated rings. The lowest BCUT2D eigenvalue weighted by Crippen LogP contribution is -2.62. The molecule has 46 heavy (non-hydrogen) atoms. The number of hydrogen-bond acceptors (Lipinski definition) is 11. The van der Waals surface area contributed by atoms with Gasteiger partial charge in [-0.15, -0.1) is 0 Å². The van der Waals surface area contributed by atoms with E-state index in [1.165, 1.54) is 48.5 Å². The second-order valence-electron chi connectivity index (χ2n) is 10.3. The minimum Gasteiger partial charge on any atom is -0.452 e. The molecule has 4 aromatic rings. The Labute approximate surface area is 265 Å². The Morgan fingerprint density at radius 3 is 1.50 bits per heavy atom. The van der Waals surface area contributed by atoms with Gasteiger partial charge in [0, 0.05) is 0 Å². The fraction of sp³-hybridized carbons (Fsp3) is 0.206. The van der Waals surface area contributed by atoms with Gasteiger partial charge in [0.05, 0.1) is 28.2 Å². The van der Waals surface area contributed by atoms with Crippen molar-refractivity contribution in [3.8, 4) is 0 Å². The number of aliphatic hydroxyl groups excluding tert-OH is 1. The molecule has 1 aliphatic heterocycles. The van der Waals surface area contributed by atoms with E-state index in [-0.39, 0.29) is 21.6 Å². The van der Waals surface area contributed by atoms with E-state index >= 15 is 0 Å². The van der Waals surface area contributed by atoms with Gasteiger partial charge in [0.15, 0.2) is 24.6 Å². The molecule has 0 bridgehead atoms. The van der Waals surface area contributed by atoms with Crippen LogP contribution in [0.2, 0.25) is 0 Å². The summed E-state index contributed by atoms with van der Waals surface area (Å²) in [7, 11) is -4.35. The van der Waals surface area contributed by atoms with Gasteiger partial charge in [-0.25, -0.2) is 14.4 Å². The van der Waals surface area contributed by atoms with Crippen LogP contribution in [0.4, 0.5) is 0 Å². The number of carbonyl (C=O) groups is 3. The summed E-state index contributed by atoms with van der Waals surface area (Å²) in [5.41, 5.74) is 1.17. The van der Waals surface area contributed by atoms with Gasteiger partial charge in [-0.3, -0.25) is 4.18 Å². The SMILES string of the molecule is Cc1ccc(S(=O)(=O)OC[C@@H]2O[C@H](O)[C@@H](OC(=O)c3ccccc3)[C@@H](OC(=O)c3ccccc3)[C@@H]2OC(=O)c2ccccc2)cc1. The Hall–Kier alpha value is -4.88. The molecule has 12 heteroatoms. The first-order valence-electron chi connectivity index (χ1n) is 14.2. The Balaban J connectivity index is 1.50. The van der Waals surface area contributed by atoms with Crippen molar-refractivity contribution in [2.45, 2.75) is 42.5 Å². The number of aliphatic hydroxyl groups is 1. The topological polar surface area (TPSA) is 152 Å². The summed E-state index contributed by atoms with van der Waals surface area (Å²) in [5.74, 6) is -2.67. The minimum atomic E-state index is -4.35. The molecule has 0 radical (unpaired) electrons. The molecule has 0 aliphatic carbocycles. The summed E-state index contributed by atoms with van der Waals surface area (Å²) in [5, 5.41) is 11.1. The molecule has 1 aliphatic rings. The molecule has 0 spiro atoms. The third kappa shape index (κ3) is 7.85. The number of benzene rings is 4. The van der Waals surface area contributed by atoms with E-state index in [2.05, 4.69) is 0 Å². The second kappa shape index (κ2) is 14.5. The van der Waals surface area contributed by atoms with Crippen molar-refractivity contribution in [3.05, 3.63) is 138 Å². The van der Waals surface area contributed by atoms with Crippen LogP contribution < -0.4 is 0 Å². The molecule has 4 aromatic carbocycles. The summed E-state index contributed by atoms with van der Waals surface area (Å²) in [6.07, 6.45) is -8.47. The third-order valence-corrected chi connectivity index (χ3v) is 8.36. The van der Waals surface area contributed by atoms with Crippen LogP contribution in [0.15, 0.2) is 120 Å². The minimum absolute atomic E-state index is 0.111. The van der Waals surface area contributed by atoms with Gasteiger partial charge < -0.3 is 24.1 Å². The average Bonchev–Trinajstić information content (AvgIpc) is 3.08. The van der Waals surface area contributed by atoms with Crippen molar-refractivity contribution in [1.29, 1.82) is 0 Å². The molecule has 0 amide bonds. The van der Waals surface area contributed by atoms with Gasteiger partial charge in [0.25, 0.3) is 10.1 Å². The highest BCUT2D eigenvalue weighted by atomic mass is 32.2. The van der Waals surface area contributed by atoms with E-state index in [1.54, 1.807) is 73.7 Å². The van der Waals surface area contributed by atoms with Crippen LogP contribution in [-0.4, -0.2) is 68.7 Å². The Morgan fingerprint density at radius 2 is 1.04 bits per heavy atom. The lowest BCUT2D eigenvalue weighted by atomic mass is 9.98. The van der Waals surface area contributed by atoms with Crippen LogP contribution in [0.3, 0.4) is 0 Å². The lowest BCUT2D eigenvalue weighted by molar-refractivity contribution is -0.283. The number of carbonyl (C=O) groups excluding carboxylic acids is 3. The van der Waals surface area contributed by atoms with E-state index in [9.17, 15) is 27.9 Å². The molecule has 0 aromatic heterocycles. The first-order valence-corrected chi connectivity index (χ1v) is 15.6. The summed E-state index contributed by atoms with van der Waals surface area (Å²) >= 11 is 0. The quantitative estimate of drug-likeness (QED) is 0.151. The number of rotatable bonds is 10. The second-order valence-corrected chi connectivity index (χ2v) is 11.9. The molecule has 238 valence electrons. The van der Waals surface area contributed by atoms with Crippen LogP contribution in [-0.2, 0) is 33.2 Å². The molecule has 0 unspecified atom stereocenters. The molecule has 1 N–H and O–H groups in total. The van der Waals surface area contributed by atoms with Crippen molar-refractivity contribution in [2.75, 3.05) is 6.61 Å². The van der Waals surface area contributed by atoms with E-state index in [0.29, 0.717) is 0 Å². The van der Waals surface area contributed by atoms with Crippen LogP contribution in [0.1, 0.15) is 36.6 Å². The van der Waals surface area contributed by atoms with Gasteiger partial charge >= 0.3 is 17.9 Å². The zero-order valence-corrected chi connectivity index (χ0v) is 25.3. The summed E-state index contributed by atoms with van der Waals surface area (Å²) in [6.45, 7) is 1.02. The Morgan fingerprint density at radius 1 is 0.630 bits per heavy atom. The molecule has 0 saturated carbocycles. The van der Waals surface area contributed by atoms with Gasteiger partial charge in [0.2, 0.25) is 0 Å². The van der Waals surface area contributed by atoms with Gasteiger partial charge in [-0.05, 0) is 55.5 Å². The summed E-state index contributed by atoms with van der Waals surface area (Å²) < 4.78 is 54.1. The van der Waals surface area contributed by atoms with Crippen LogP contribution in [0.25, 0.3) is 0 Å². The van der Waals surface area contributed by atoms with E-state index in [4.69, 9.17) is 23.1 Å². The highest BCUT2D eigenvalue weighted by molar-refractivity contribution is 7.86. The van der Waals surface area contributed by atoms with Crippen LogP contribution >= 0.6 is 0 Å². The smallest absolute Gasteiger partial charge is 0.338 e. The Kier molecular flexibility index (Phi) is 10.2. The maximum atomic E-state index is 13.3. The number of hydrogen-bond donors (Lipinski definition) is 1. The highest BCUT2D eigenvalue weighted by Crippen LogP contribution is 2.30. The fourth-order valence-electron chi connectivity index (χ4n) is 4.66. The first-order chi connectivity index (χ1) is 22.1. The molecule has 1 heterocycles. The largest absolute Gasteiger partial charge is 0.452 e. The molecular weight excluding hydrogens is 616 g/mol. The van der Waals surface area contributed by atoms with Crippen molar-refractivity contribution in [2.24, 2.45) is 0 Å². The number of esters is 3. The van der Waals surface area contributed by atoms with E-state index in [1.807, 2.05) is 0 Å². The van der Waals surface area contributed by atoms with Crippen molar-refractivity contribution in [1.82, 2.24) is 0 Å². The number of aryl methyl sites for hydroxylation is 1. The van der Waals surface area contributed by atoms with E-state index in [0.717, 1.165) is 5.56 Å². The highest BCUT2D eigenvalue weighted by Gasteiger charge is 2.52. The average molecular weight is 647 g/mol. The predicted molar refractivity (Wildman–Crippen MR) is 162 cm³/mol. The molecule has 1 saturated heterocycles. The van der Waals surface area contributed by atoms with E-state index < -0.39 is 65.3 Å². The maximum Gasteiger partial charge on any atom is 0.338 e. The van der Waals surface area contributed by atoms with Gasteiger partial charge in [-0.1, -0.05) is 72.3 Å². The van der Waals surface area contributed by atoms with Crippen LogP contribution in [0, 0.1) is 6.92 Å². The molecule has 11 nitrogen and oxygen atoms in total. The summed E-state index contributed by atoms with van der Waals surface area (Å²) in [6, 6.07) is 29.4. The zero-order valence-electron chi connectivity index (χ0n) is 24.5. The lowest BCUT2D eigenvalue weighted by Gasteiger charge is -2.42. The molecular formula is C34H30O11S. The maximum absolute atomic E-state index is 13.3.